The number of carbonyl (C=O) groups is 2. The molecule has 0 spiro atoms. The molecule has 1 aromatic carbocycles. The molecular weight excluding hydrogens is 236 g/mol. The topological polar surface area (TPSA) is 61.8 Å². The molecule has 0 saturated heterocycles. The zero-order valence-corrected chi connectivity index (χ0v) is 10.1. The maximum Gasteiger partial charge on any atom is 0.341 e. The molecule has 1 aliphatic rings. The highest BCUT2D eigenvalue weighted by Gasteiger charge is 2.20. The van der Waals surface area contributed by atoms with Crippen LogP contribution in [-0.4, -0.2) is 25.7 Å². The van der Waals surface area contributed by atoms with Gasteiger partial charge >= 0.3 is 5.97 Å². The minimum absolute atomic E-state index is 0.0265. The van der Waals surface area contributed by atoms with E-state index in [2.05, 4.69) is 4.74 Å². The van der Waals surface area contributed by atoms with E-state index in [1.54, 1.807) is 18.2 Å². The fourth-order valence-corrected chi connectivity index (χ4v) is 1.64. The third-order valence-corrected chi connectivity index (χ3v) is 2.51. The van der Waals surface area contributed by atoms with Crippen molar-refractivity contribution in [3.05, 3.63) is 29.3 Å². The number of carbonyl (C=O) groups excluding carboxylic acids is 2. The van der Waals surface area contributed by atoms with Crippen LogP contribution in [0, 0.1) is 0 Å². The molecule has 2 rings (SSSR count). The van der Waals surface area contributed by atoms with Gasteiger partial charge in [-0.15, -0.1) is 0 Å². The molecule has 0 amide bonds. The number of ether oxygens (including phenoxy) is 3. The van der Waals surface area contributed by atoms with Gasteiger partial charge < -0.3 is 14.2 Å². The molecule has 0 atom stereocenters. The molecule has 1 aromatic rings. The minimum Gasteiger partial charge on any atom is -0.465 e. The smallest absolute Gasteiger partial charge is 0.341 e. The largest absolute Gasteiger partial charge is 0.465 e. The lowest BCUT2D eigenvalue weighted by Crippen LogP contribution is -2.11. The fourth-order valence-electron chi connectivity index (χ4n) is 1.64. The third kappa shape index (κ3) is 2.20. The number of ketones is 1. The quantitative estimate of drug-likeness (QED) is 0.351. The van der Waals surface area contributed by atoms with Gasteiger partial charge in [-0.25, -0.2) is 4.79 Å². The summed E-state index contributed by atoms with van der Waals surface area (Å²) in [5.41, 5.74) is 0.585. The van der Waals surface area contributed by atoms with E-state index in [0.29, 0.717) is 17.1 Å². The molecule has 0 unspecified atom stereocenters. The number of para-hydroxylation sites is 1. The van der Waals surface area contributed by atoms with Crippen LogP contribution in [0.25, 0.3) is 6.08 Å². The SMILES string of the molecule is COC(=O)/C(=C\c1cccc2c1OCO2)C(C)=O. The zero-order valence-electron chi connectivity index (χ0n) is 10.1. The van der Waals surface area contributed by atoms with Crippen molar-refractivity contribution < 1.29 is 23.8 Å². The van der Waals surface area contributed by atoms with Gasteiger partial charge in [0.2, 0.25) is 6.79 Å². The number of methoxy groups -OCH3 is 1. The summed E-state index contributed by atoms with van der Waals surface area (Å²) in [6.07, 6.45) is 1.45. The number of hydrogen-bond acceptors (Lipinski definition) is 5. The average Bonchev–Trinajstić information content (AvgIpc) is 2.83. The van der Waals surface area contributed by atoms with E-state index in [0.717, 1.165) is 0 Å². The van der Waals surface area contributed by atoms with Crippen molar-refractivity contribution in [3.8, 4) is 11.5 Å². The second-order valence-corrected chi connectivity index (χ2v) is 3.69. The monoisotopic (exact) mass is 248 g/mol. The standard InChI is InChI=1S/C13H12O5/c1-8(14)10(13(15)16-2)6-9-4-3-5-11-12(9)18-7-17-11/h3-6H,7H2,1-2H3/b10-6-. The molecule has 0 aliphatic carbocycles. The molecule has 94 valence electrons. The highest BCUT2D eigenvalue weighted by Crippen LogP contribution is 2.36. The maximum absolute atomic E-state index is 11.5. The average molecular weight is 248 g/mol. The predicted octanol–water partition coefficient (Wildman–Crippen LogP) is 1.56. The van der Waals surface area contributed by atoms with Crippen molar-refractivity contribution >= 4 is 17.8 Å². The second-order valence-electron chi connectivity index (χ2n) is 3.69. The molecule has 0 radical (unpaired) electrons. The Balaban J connectivity index is 2.45. The first-order valence-electron chi connectivity index (χ1n) is 5.33. The number of rotatable bonds is 3. The lowest BCUT2D eigenvalue weighted by molar-refractivity contribution is -0.137. The Labute approximate surface area is 104 Å². The molecule has 0 N–H and O–H groups in total. The van der Waals surface area contributed by atoms with E-state index in [-0.39, 0.29) is 18.1 Å². The van der Waals surface area contributed by atoms with Crippen LogP contribution in [0.1, 0.15) is 12.5 Å². The molecule has 0 saturated carbocycles. The Bertz CT molecular complexity index is 530. The van der Waals surface area contributed by atoms with E-state index >= 15 is 0 Å². The molecule has 0 bridgehead atoms. The number of fused-ring (bicyclic) bond motifs is 1. The van der Waals surface area contributed by atoms with Gasteiger partial charge in [0.05, 0.1) is 7.11 Å². The van der Waals surface area contributed by atoms with E-state index in [1.807, 2.05) is 0 Å². The van der Waals surface area contributed by atoms with Crippen molar-refractivity contribution in [2.75, 3.05) is 13.9 Å². The van der Waals surface area contributed by atoms with Crippen LogP contribution in [0.5, 0.6) is 11.5 Å². The third-order valence-electron chi connectivity index (χ3n) is 2.51. The highest BCUT2D eigenvalue weighted by molar-refractivity contribution is 6.19. The molecule has 0 aromatic heterocycles. The maximum atomic E-state index is 11.5. The Morgan fingerprint density at radius 1 is 1.33 bits per heavy atom. The van der Waals surface area contributed by atoms with Crippen LogP contribution in [0.15, 0.2) is 23.8 Å². The molecular formula is C13H12O5. The van der Waals surface area contributed by atoms with Crippen LogP contribution >= 0.6 is 0 Å². The summed E-state index contributed by atoms with van der Waals surface area (Å²) in [6.45, 7) is 1.44. The number of esters is 1. The minimum atomic E-state index is -0.668. The number of Topliss-reactive ketones (excluding diaryl/α,β-unsaturated/α-hetero) is 1. The fraction of sp³-hybridized carbons (Fsp3) is 0.231. The first-order valence-corrected chi connectivity index (χ1v) is 5.33. The van der Waals surface area contributed by atoms with Crippen molar-refractivity contribution in [1.82, 2.24) is 0 Å². The first kappa shape index (κ1) is 12.2. The van der Waals surface area contributed by atoms with Gasteiger partial charge in [0.25, 0.3) is 0 Å². The lowest BCUT2D eigenvalue weighted by Gasteiger charge is -2.04. The van der Waals surface area contributed by atoms with Gasteiger partial charge in [-0.1, -0.05) is 12.1 Å². The van der Waals surface area contributed by atoms with Gasteiger partial charge in [-0.2, -0.15) is 0 Å². The van der Waals surface area contributed by atoms with E-state index < -0.39 is 5.97 Å². The highest BCUT2D eigenvalue weighted by atomic mass is 16.7. The van der Waals surface area contributed by atoms with Crippen LogP contribution < -0.4 is 9.47 Å². The van der Waals surface area contributed by atoms with Gasteiger partial charge in [-0.05, 0) is 19.1 Å². The van der Waals surface area contributed by atoms with Gasteiger partial charge in [0.1, 0.15) is 5.57 Å². The summed E-state index contributed by atoms with van der Waals surface area (Å²) >= 11 is 0. The molecule has 5 nitrogen and oxygen atoms in total. The molecule has 0 fully saturated rings. The van der Waals surface area contributed by atoms with Crippen molar-refractivity contribution in [2.45, 2.75) is 6.92 Å². The zero-order chi connectivity index (χ0) is 13.1. The molecule has 1 aliphatic heterocycles. The van der Waals surface area contributed by atoms with Crippen molar-refractivity contribution in [1.29, 1.82) is 0 Å². The molecule has 18 heavy (non-hydrogen) atoms. The van der Waals surface area contributed by atoms with Gasteiger partial charge in [0.15, 0.2) is 17.3 Å². The summed E-state index contributed by atoms with van der Waals surface area (Å²) in [7, 11) is 1.23. The number of benzene rings is 1. The van der Waals surface area contributed by atoms with Crippen LogP contribution in [0.2, 0.25) is 0 Å². The Kier molecular flexibility index (Phi) is 3.32. The Morgan fingerprint density at radius 3 is 2.78 bits per heavy atom. The van der Waals surface area contributed by atoms with Crippen LogP contribution in [0.4, 0.5) is 0 Å². The Hall–Kier alpha value is -2.30. The summed E-state index contributed by atoms with van der Waals surface area (Å²) in [6, 6.07) is 5.25. The van der Waals surface area contributed by atoms with Gasteiger partial charge in [0, 0.05) is 5.56 Å². The molecule has 1 heterocycles. The summed E-state index contributed by atoms with van der Waals surface area (Å²) in [5.74, 6) is 0.0917. The van der Waals surface area contributed by atoms with Crippen LogP contribution in [0.3, 0.4) is 0 Å². The van der Waals surface area contributed by atoms with Crippen molar-refractivity contribution in [2.24, 2.45) is 0 Å². The van der Waals surface area contributed by atoms with Gasteiger partial charge in [-0.3, -0.25) is 4.79 Å². The lowest BCUT2D eigenvalue weighted by atomic mass is 10.1. The predicted molar refractivity (Wildman–Crippen MR) is 63.2 cm³/mol. The van der Waals surface area contributed by atoms with E-state index in [1.165, 1.54) is 20.1 Å². The van der Waals surface area contributed by atoms with E-state index in [4.69, 9.17) is 9.47 Å². The van der Waals surface area contributed by atoms with Crippen LogP contribution in [-0.2, 0) is 14.3 Å². The molecule has 5 heteroatoms. The van der Waals surface area contributed by atoms with Crippen molar-refractivity contribution in [3.63, 3.8) is 0 Å². The number of hydrogen-bond donors (Lipinski definition) is 0. The normalized spacial score (nSPS) is 13.3. The summed E-state index contributed by atoms with van der Waals surface area (Å²) in [5, 5.41) is 0. The Morgan fingerprint density at radius 2 is 2.11 bits per heavy atom. The summed E-state index contributed by atoms with van der Waals surface area (Å²) < 4.78 is 15.1. The first-order chi connectivity index (χ1) is 8.63. The van der Waals surface area contributed by atoms with E-state index in [9.17, 15) is 9.59 Å². The summed E-state index contributed by atoms with van der Waals surface area (Å²) in [4.78, 5) is 22.9. The second kappa shape index (κ2) is 4.91.